The number of fused-ring (bicyclic) bond motifs is 1. The van der Waals surface area contributed by atoms with Crippen LogP contribution >= 0.6 is 15.6 Å². The van der Waals surface area contributed by atoms with Gasteiger partial charge in [0.25, 0.3) is 5.56 Å². The number of H-pyrrole nitrogens is 1. The van der Waals surface area contributed by atoms with Crippen molar-refractivity contribution in [1.29, 1.82) is 0 Å². The Morgan fingerprint density at radius 3 is 2.67 bits per heavy atom. The number of ether oxygens (including phenoxy) is 2. The third-order valence-corrected chi connectivity index (χ3v) is 7.88. The van der Waals surface area contributed by atoms with Crippen molar-refractivity contribution in [3.05, 3.63) is 29.3 Å². The largest absolute Gasteiger partial charge is 0.481 e. The van der Waals surface area contributed by atoms with Gasteiger partial charge in [0.15, 0.2) is 17.0 Å². The van der Waals surface area contributed by atoms with Crippen LogP contribution in [0.5, 0.6) is 0 Å². The first-order valence-corrected chi connectivity index (χ1v) is 14.4. The molecular formula is C19H30N6O12P2. The number of nitrogens with zero attached hydrogens (tertiary/aromatic N) is 3. The van der Waals surface area contributed by atoms with E-state index in [0.717, 1.165) is 6.08 Å². The summed E-state index contributed by atoms with van der Waals surface area (Å²) in [6.45, 7) is 6.18. The lowest BCUT2D eigenvalue weighted by molar-refractivity contribution is -0.222. The smallest absolute Gasteiger partial charge is 0.369 e. The molecule has 2 aromatic heterocycles. The van der Waals surface area contributed by atoms with Gasteiger partial charge < -0.3 is 35.4 Å². The molecule has 3 rings (SSSR count). The van der Waals surface area contributed by atoms with Crippen LogP contribution in [0.4, 0.5) is 5.95 Å². The Bertz CT molecular complexity index is 1360. The van der Waals surface area contributed by atoms with Crippen molar-refractivity contribution in [2.24, 2.45) is 5.92 Å². The second-order valence-electron chi connectivity index (χ2n) is 8.87. The summed E-state index contributed by atoms with van der Waals surface area (Å²) >= 11 is 0. The van der Waals surface area contributed by atoms with Crippen molar-refractivity contribution in [3.8, 4) is 0 Å². The van der Waals surface area contributed by atoms with Gasteiger partial charge >= 0.3 is 15.6 Å². The van der Waals surface area contributed by atoms with Crippen LogP contribution in [-0.2, 0) is 36.8 Å². The zero-order chi connectivity index (χ0) is 29.2. The van der Waals surface area contributed by atoms with E-state index in [4.69, 9.17) is 19.7 Å². The number of aromatic nitrogens is 4. The summed E-state index contributed by atoms with van der Waals surface area (Å²) in [6, 6.07) is 0. The van der Waals surface area contributed by atoms with E-state index in [1.54, 1.807) is 6.92 Å². The Morgan fingerprint density at radius 2 is 2.03 bits per heavy atom. The first kappa shape index (κ1) is 31.0. The molecule has 3 heterocycles. The first-order valence-electron chi connectivity index (χ1n) is 11.4. The van der Waals surface area contributed by atoms with Gasteiger partial charge in [-0.1, -0.05) is 13.5 Å². The van der Waals surface area contributed by atoms with Crippen molar-refractivity contribution in [1.82, 2.24) is 24.8 Å². The lowest BCUT2D eigenvalue weighted by Gasteiger charge is -2.29. The Morgan fingerprint density at radius 1 is 1.36 bits per heavy atom. The maximum Gasteiger partial charge on any atom is 0.481 e. The van der Waals surface area contributed by atoms with Crippen LogP contribution in [0.3, 0.4) is 0 Å². The number of rotatable bonds is 13. The summed E-state index contributed by atoms with van der Waals surface area (Å²) in [5.41, 5.74) is 5.15. The van der Waals surface area contributed by atoms with E-state index in [1.807, 2.05) is 0 Å². The van der Waals surface area contributed by atoms with Crippen LogP contribution in [0, 0.1) is 5.92 Å². The van der Waals surface area contributed by atoms with Crippen LogP contribution < -0.4 is 16.6 Å². The highest BCUT2D eigenvalue weighted by atomic mass is 31.3. The molecule has 1 saturated heterocycles. The van der Waals surface area contributed by atoms with Gasteiger partial charge in [0, 0.05) is 12.5 Å². The second kappa shape index (κ2) is 11.9. The summed E-state index contributed by atoms with van der Waals surface area (Å²) in [5.74, 6) is -2.98. The number of anilines is 1. The number of aromatic amines is 1. The van der Waals surface area contributed by atoms with Gasteiger partial charge in [-0.15, -0.1) is 0 Å². The van der Waals surface area contributed by atoms with Gasteiger partial charge in [-0.05, 0) is 19.9 Å². The van der Waals surface area contributed by atoms with Crippen LogP contribution in [0.15, 0.2) is 23.8 Å². The van der Waals surface area contributed by atoms with E-state index >= 15 is 0 Å². The topological polar surface area (TPSA) is 260 Å². The Hall–Kier alpha value is -2.50. The molecule has 0 saturated carbocycles. The predicted molar refractivity (Wildman–Crippen MR) is 133 cm³/mol. The Balaban J connectivity index is 1.73. The minimum Gasteiger partial charge on any atom is -0.369 e. The zero-order valence-corrected chi connectivity index (χ0v) is 22.9. The molecule has 2 aromatic rings. The number of hydrogen-bond acceptors (Lipinski definition) is 13. The molecule has 39 heavy (non-hydrogen) atoms. The van der Waals surface area contributed by atoms with E-state index < -0.39 is 70.5 Å². The maximum atomic E-state index is 12.4. The molecule has 18 nitrogen and oxygen atoms in total. The van der Waals surface area contributed by atoms with Crippen LogP contribution in [0.25, 0.3) is 11.2 Å². The van der Waals surface area contributed by atoms with Crippen molar-refractivity contribution >= 4 is 38.7 Å². The molecule has 0 bridgehead atoms. The molecule has 20 heteroatoms. The standard InChI is InChI=1S/C19H30N6O12P2/c1-5-12(26)21-6-7-33-38(29,30)37-39(31,32)34-8-11-14(36-19(3,4)28)10(2)17(35-11)25-9-22-13-15(25)23-18(20)24-16(13)27/h5,9-11,14,17,28H,1,6-8H2,2-4H3,(H,21,26)(H,29,30)(H,31,32)(H3,20,23,24,27)/t10-,11?,14+,17-/m1/s1. The summed E-state index contributed by atoms with van der Waals surface area (Å²) in [4.78, 5) is 53.5. The molecule has 0 aromatic carbocycles. The van der Waals surface area contributed by atoms with Crippen molar-refractivity contribution in [2.45, 2.75) is 45.0 Å². The fraction of sp³-hybridized carbons (Fsp3) is 0.579. The molecule has 0 aliphatic carbocycles. The average Bonchev–Trinajstić information content (AvgIpc) is 3.35. The molecular weight excluding hydrogens is 566 g/mol. The second-order valence-corrected chi connectivity index (χ2v) is 11.9. The minimum absolute atomic E-state index is 0.0179. The van der Waals surface area contributed by atoms with Gasteiger partial charge in [-0.2, -0.15) is 9.29 Å². The highest BCUT2D eigenvalue weighted by molar-refractivity contribution is 7.61. The fourth-order valence-corrected chi connectivity index (χ4v) is 5.81. The fourth-order valence-electron chi connectivity index (χ4n) is 3.73. The van der Waals surface area contributed by atoms with Crippen molar-refractivity contribution in [2.75, 3.05) is 25.5 Å². The quantitative estimate of drug-likeness (QED) is 0.0763. The number of carbonyl (C=O) groups is 1. The van der Waals surface area contributed by atoms with Crippen molar-refractivity contribution in [3.63, 3.8) is 0 Å². The normalized spacial score (nSPS) is 24.8. The number of amides is 1. The van der Waals surface area contributed by atoms with Crippen LogP contribution in [0.1, 0.15) is 27.0 Å². The molecule has 1 aliphatic heterocycles. The van der Waals surface area contributed by atoms with Crippen LogP contribution in [-0.4, -0.2) is 78.1 Å². The molecule has 7 N–H and O–H groups in total. The van der Waals surface area contributed by atoms with Gasteiger partial charge in [0.05, 0.1) is 25.6 Å². The summed E-state index contributed by atoms with van der Waals surface area (Å²) in [7, 11) is -10.3. The Kier molecular flexibility index (Phi) is 9.50. The number of nitrogens with one attached hydrogen (secondary N) is 2. The third-order valence-electron chi connectivity index (χ3n) is 5.25. The number of carbonyl (C=O) groups excluding carboxylic acids is 1. The number of nitrogens with two attached hydrogens (primary N) is 1. The molecule has 218 valence electrons. The SMILES string of the molecule is C=CC(=O)NCCOP(=O)(O)OP(=O)(O)OCC1O[C@@H](n2cnc3c(=O)[nH]c(N)nc32)[C@H](C)[C@@H]1OC(C)(C)O. The van der Waals surface area contributed by atoms with E-state index in [0.29, 0.717) is 0 Å². The lowest BCUT2D eigenvalue weighted by Crippen LogP contribution is -2.39. The van der Waals surface area contributed by atoms with Gasteiger partial charge in [0.1, 0.15) is 12.3 Å². The predicted octanol–water partition coefficient (Wildman–Crippen LogP) is -0.0983. The number of nitrogen functional groups attached to an aromatic ring is 1. The number of hydrogen-bond donors (Lipinski definition) is 6. The molecule has 6 atom stereocenters. The highest BCUT2D eigenvalue weighted by Gasteiger charge is 2.48. The molecule has 1 amide bonds. The van der Waals surface area contributed by atoms with E-state index in [2.05, 4.69) is 35.7 Å². The van der Waals surface area contributed by atoms with E-state index in [9.17, 15) is 33.6 Å². The van der Waals surface area contributed by atoms with Gasteiger partial charge in [-0.25, -0.2) is 14.1 Å². The van der Waals surface area contributed by atoms with Crippen molar-refractivity contribution < 1.29 is 51.6 Å². The minimum atomic E-state index is -5.20. The molecule has 0 spiro atoms. The monoisotopic (exact) mass is 596 g/mol. The summed E-state index contributed by atoms with van der Waals surface area (Å²) in [6.07, 6.45) is -0.754. The molecule has 0 radical (unpaired) electrons. The van der Waals surface area contributed by atoms with Crippen LogP contribution in [0.2, 0.25) is 0 Å². The highest BCUT2D eigenvalue weighted by Crippen LogP contribution is 2.60. The average molecular weight is 596 g/mol. The van der Waals surface area contributed by atoms with E-state index in [1.165, 1.54) is 24.7 Å². The van der Waals surface area contributed by atoms with Gasteiger partial charge in [-0.3, -0.25) is 28.2 Å². The number of phosphoric ester groups is 2. The number of imidazole rings is 1. The first-order chi connectivity index (χ1) is 18.0. The number of aliphatic hydroxyl groups is 1. The lowest BCUT2D eigenvalue weighted by atomic mass is 10.0. The molecule has 1 aliphatic rings. The van der Waals surface area contributed by atoms with E-state index in [-0.39, 0.29) is 23.7 Å². The Labute approximate surface area is 221 Å². The summed E-state index contributed by atoms with van der Waals surface area (Å²) < 4.78 is 51.2. The van der Waals surface area contributed by atoms with Gasteiger partial charge in [0.2, 0.25) is 11.9 Å². The number of phosphoric acid groups is 2. The molecule has 3 unspecified atom stereocenters. The third kappa shape index (κ3) is 8.25. The molecule has 1 fully saturated rings. The zero-order valence-electron chi connectivity index (χ0n) is 21.1. The summed E-state index contributed by atoms with van der Waals surface area (Å²) in [5, 5.41) is 12.5. The maximum absolute atomic E-state index is 12.4.